The van der Waals surface area contributed by atoms with Crippen molar-refractivity contribution < 1.29 is 23.2 Å². The van der Waals surface area contributed by atoms with Crippen LogP contribution < -0.4 is 5.32 Å². The van der Waals surface area contributed by atoms with Gasteiger partial charge in [0.15, 0.2) is 17.2 Å². The smallest absolute Gasteiger partial charge is 0.275 e. The van der Waals surface area contributed by atoms with Gasteiger partial charge in [0.05, 0.1) is 0 Å². The van der Waals surface area contributed by atoms with Gasteiger partial charge in [0.25, 0.3) is 5.91 Å². The summed E-state index contributed by atoms with van der Waals surface area (Å²) in [5.74, 6) is -2.09. The molecule has 27 heavy (non-hydrogen) atoms. The van der Waals surface area contributed by atoms with E-state index in [0.29, 0.717) is 5.76 Å². The zero-order chi connectivity index (χ0) is 19.0. The highest BCUT2D eigenvalue weighted by Gasteiger charge is 2.49. The molecule has 1 fully saturated rings. The van der Waals surface area contributed by atoms with Crippen LogP contribution in [-0.2, 0) is 0 Å². The molecule has 1 saturated carbocycles. The molecule has 9 heteroatoms. The summed E-state index contributed by atoms with van der Waals surface area (Å²) in [5, 5.41) is 23.0. The molecule has 8 nitrogen and oxygen atoms in total. The molecule has 0 unspecified atom stereocenters. The molecule has 1 aliphatic carbocycles. The first-order chi connectivity index (χ1) is 12.9. The van der Waals surface area contributed by atoms with Gasteiger partial charge in [-0.2, -0.15) is 0 Å². The van der Waals surface area contributed by atoms with Gasteiger partial charge in [-0.05, 0) is 6.92 Å². The number of halogens is 1. The minimum Gasteiger partial charge on any atom is -0.422 e. The molecule has 1 amide bonds. The van der Waals surface area contributed by atoms with Crippen molar-refractivity contribution in [2.45, 2.75) is 37.6 Å². The SMILES string of the molecule is C[C@@H](O)c1nnc([C@H]2C[C@](F)(NC(=O)c3cc(-c4ccccc4)on3)C2)o1. The summed E-state index contributed by atoms with van der Waals surface area (Å²) in [6, 6.07) is 10.6. The average Bonchev–Trinajstić information content (AvgIpc) is 3.30. The maximum Gasteiger partial charge on any atom is 0.275 e. The first kappa shape index (κ1) is 17.3. The normalized spacial score (nSPS) is 22.9. The summed E-state index contributed by atoms with van der Waals surface area (Å²) < 4.78 is 25.2. The Morgan fingerprint density at radius 1 is 1.33 bits per heavy atom. The van der Waals surface area contributed by atoms with E-state index in [2.05, 4.69) is 20.7 Å². The topological polar surface area (TPSA) is 114 Å². The Bertz CT molecular complexity index is 947. The van der Waals surface area contributed by atoms with Crippen LogP contribution in [0.4, 0.5) is 4.39 Å². The number of hydrogen-bond acceptors (Lipinski definition) is 7. The Hall–Kier alpha value is -3.07. The number of alkyl halides is 1. The summed E-state index contributed by atoms with van der Waals surface area (Å²) in [5.41, 5.74) is 0.775. The van der Waals surface area contributed by atoms with Gasteiger partial charge in [0, 0.05) is 30.4 Å². The summed E-state index contributed by atoms with van der Waals surface area (Å²) in [6.45, 7) is 1.50. The summed E-state index contributed by atoms with van der Waals surface area (Å²) in [7, 11) is 0. The minimum atomic E-state index is -1.88. The van der Waals surface area contributed by atoms with E-state index in [-0.39, 0.29) is 36.2 Å². The number of carbonyl (C=O) groups excluding carboxylic acids is 1. The van der Waals surface area contributed by atoms with Gasteiger partial charge in [0.1, 0.15) is 6.10 Å². The van der Waals surface area contributed by atoms with Gasteiger partial charge < -0.3 is 19.4 Å². The molecule has 2 aromatic heterocycles. The van der Waals surface area contributed by atoms with Gasteiger partial charge in [-0.15, -0.1) is 10.2 Å². The lowest BCUT2D eigenvalue weighted by Gasteiger charge is -2.39. The van der Waals surface area contributed by atoms with Gasteiger partial charge in [-0.1, -0.05) is 35.5 Å². The van der Waals surface area contributed by atoms with Crippen LogP contribution in [0.25, 0.3) is 11.3 Å². The maximum absolute atomic E-state index is 14.7. The van der Waals surface area contributed by atoms with Crippen molar-refractivity contribution >= 4 is 5.91 Å². The first-order valence-electron chi connectivity index (χ1n) is 8.48. The predicted molar refractivity (Wildman–Crippen MR) is 90.2 cm³/mol. The molecule has 0 aliphatic heterocycles. The molecule has 2 heterocycles. The van der Waals surface area contributed by atoms with Crippen LogP contribution in [0.15, 0.2) is 45.3 Å². The van der Waals surface area contributed by atoms with Crippen LogP contribution in [0.5, 0.6) is 0 Å². The average molecular weight is 372 g/mol. The van der Waals surface area contributed by atoms with E-state index in [1.807, 2.05) is 30.3 Å². The van der Waals surface area contributed by atoms with Crippen molar-refractivity contribution in [1.29, 1.82) is 0 Å². The molecule has 1 atom stereocenters. The summed E-state index contributed by atoms with van der Waals surface area (Å²) in [6.07, 6.45) is -0.875. The number of hydrogen-bond donors (Lipinski definition) is 2. The van der Waals surface area contributed by atoms with Gasteiger partial charge in [0.2, 0.25) is 11.8 Å². The molecule has 0 saturated heterocycles. The van der Waals surface area contributed by atoms with E-state index in [0.717, 1.165) is 5.56 Å². The van der Waals surface area contributed by atoms with Crippen LogP contribution in [0, 0.1) is 0 Å². The molecular weight excluding hydrogens is 355 g/mol. The number of aliphatic hydroxyl groups excluding tert-OH is 1. The van der Waals surface area contributed by atoms with Crippen LogP contribution >= 0.6 is 0 Å². The van der Waals surface area contributed by atoms with Crippen molar-refractivity contribution in [3.8, 4) is 11.3 Å². The lowest BCUT2D eigenvalue weighted by atomic mass is 9.77. The predicted octanol–water partition coefficient (Wildman–Crippen LogP) is 2.75. The Labute approximate surface area is 153 Å². The molecular formula is C18H17FN4O4. The lowest BCUT2D eigenvalue weighted by molar-refractivity contribution is -0.000225. The lowest BCUT2D eigenvalue weighted by Crippen LogP contribution is -2.53. The Morgan fingerprint density at radius 3 is 2.74 bits per heavy atom. The standard InChI is InChI=1S/C18H17FN4O4/c1-10(24)16-21-22-17(26-16)12-8-18(19,9-12)20-15(25)13-7-14(27-23-13)11-5-3-2-4-6-11/h2-7,10,12,24H,8-9H2,1H3,(H,20,25)/t10-,12-,18-/m1/s1. The van der Waals surface area contributed by atoms with Crippen LogP contribution in [-0.4, -0.2) is 32.2 Å². The minimum absolute atomic E-state index is 0.00325. The van der Waals surface area contributed by atoms with Gasteiger partial charge in [-0.3, -0.25) is 4.79 Å². The summed E-state index contributed by atoms with van der Waals surface area (Å²) >= 11 is 0. The molecule has 140 valence electrons. The van der Waals surface area contributed by atoms with Crippen molar-refractivity contribution in [3.63, 3.8) is 0 Å². The quantitative estimate of drug-likeness (QED) is 0.662. The van der Waals surface area contributed by atoms with E-state index in [4.69, 9.17) is 8.94 Å². The number of nitrogens with zero attached hydrogens (tertiary/aromatic N) is 3. The Kier molecular flexibility index (Phi) is 4.23. The monoisotopic (exact) mass is 372 g/mol. The maximum atomic E-state index is 14.7. The van der Waals surface area contributed by atoms with E-state index in [1.54, 1.807) is 0 Å². The molecule has 3 aromatic rings. The van der Waals surface area contributed by atoms with E-state index < -0.39 is 17.8 Å². The van der Waals surface area contributed by atoms with E-state index >= 15 is 0 Å². The fourth-order valence-corrected chi connectivity index (χ4v) is 2.97. The number of carbonyl (C=O) groups is 1. The van der Waals surface area contributed by atoms with Crippen molar-refractivity contribution in [2.75, 3.05) is 0 Å². The third kappa shape index (κ3) is 3.45. The second-order valence-electron chi connectivity index (χ2n) is 6.62. The third-order valence-corrected chi connectivity index (χ3v) is 4.44. The molecule has 0 bridgehead atoms. The van der Waals surface area contributed by atoms with Crippen molar-refractivity contribution in [3.05, 3.63) is 53.9 Å². The van der Waals surface area contributed by atoms with Crippen LogP contribution in [0.3, 0.4) is 0 Å². The zero-order valence-corrected chi connectivity index (χ0v) is 14.4. The Balaban J connectivity index is 1.38. The fraction of sp³-hybridized carbons (Fsp3) is 0.333. The number of amides is 1. The van der Waals surface area contributed by atoms with E-state index in [9.17, 15) is 14.3 Å². The molecule has 0 radical (unpaired) electrons. The zero-order valence-electron chi connectivity index (χ0n) is 14.4. The van der Waals surface area contributed by atoms with Crippen molar-refractivity contribution in [2.24, 2.45) is 0 Å². The largest absolute Gasteiger partial charge is 0.422 e. The van der Waals surface area contributed by atoms with Crippen molar-refractivity contribution in [1.82, 2.24) is 20.7 Å². The first-order valence-corrected chi connectivity index (χ1v) is 8.48. The highest BCUT2D eigenvalue weighted by molar-refractivity contribution is 5.93. The number of aliphatic hydroxyl groups is 1. The summed E-state index contributed by atoms with van der Waals surface area (Å²) in [4.78, 5) is 12.3. The fourth-order valence-electron chi connectivity index (χ4n) is 2.97. The number of aromatic nitrogens is 3. The van der Waals surface area contributed by atoms with Gasteiger partial charge in [-0.25, -0.2) is 4.39 Å². The third-order valence-electron chi connectivity index (χ3n) is 4.44. The van der Waals surface area contributed by atoms with E-state index in [1.165, 1.54) is 13.0 Å². The van der Waals surface area contributed by atoms with Crippen LogP contribution in [0.2, 0.25) is 0 Å². The highest BCUT2D eigenvalue weighted by atomic mass is 19.1. The molecule has 2 N–H and O–H groups in total. The second-order valence-corrected chi connectivity index (χ2v) is 6.62. The highest BCUT2D eigenvalue weighted by Crippen LogP contribution is 2.45. The molecule has 4 rings (SSSR count). The number of nitrogens with one attached hydrogen (secondary N) is 1. The molecule has 0 spiro atoms. The number of benzene rings is 1. The second kappa shape index (κ2) is 6.58. The molecule has 1 aromatic carbocycles. The van der Waals surface area contributed by atoms with Gasteiger partial charge >= 0.3 is 0 Å². The number of rotatable bonds is 5. The van der Waals surface area contributed by atoms with Crippen LogP contribution in [0.1, 0.15) is 54.1 Å². The molecule has 1 aliphatic rings. The Morgan fingerprint density at radius 2 is 2.07 bits per heavy atom.